The van der Waals surface area contributed by atoms with E-state index in [1.807, 2.05) is 0 Å². The van der Waals surface area contributed by atoms with Crippen molar-refractivity contribution < 1.29 is 14.3 Å². The summed E-state index contributed by atoms with van der Waals surface area (Å²) < 4.78 is 9.77. The number of ether oxygens (including phenoxy) is 2. The molecule has 1 aliphatic rings. The van der Waals surface area contributed by atoms with Crippen LogP contribution in [0.5, 0.6) is 0 Å². The summed E-state index contributed by atoms with van der Waals surface area (Å²) in [6, 6.07) is 0. The number of carbonyl (C=O) groups excluding carboxylic acids is 1. The highest BCUT2D eigenvalue weighted by Crippen LogP contribution is 1.96. The second kappa shape index (κ2) is 7.62. The molecular weight excluding hydrogens is 196 g/mol. The summed E-state index contributed by atoms with van der Waals surface area (Å²) in [6.07, 6.45) is 1.05. The van der Waals surface area contributed by atoms with Crippen LogP contribution in [0, 0.1) is 0 Å². The molecule has 0 radical (unpaired) electrons. The molecule has 0 aliphatic carbocycles. The molecule has 5 heteroatoms. The van der Waals surface area contributed by atoms with Crippen LogP contribution in [0.3, 0.4) is 0 Å². The molecule has 0 unspecified atom stereocenters. The Kier molecular flexibility index (Phi) is 6.31. The van der Waals surface area contributed by atoms with Gasteiger partial charge < -0.3 is 14.8 Å². The van der Waals surface area contributed by atoms with Crippen molar-refractivity contribution in [3.8, 4) is 0 Å². The molecule has 0 amide bonds. The van der Waals surface area contributed by atoms with Gasteiger partial charge in [-0.1, -0.05) is 0 Å². The monoisotopic (exact) mass is 216 g/mol. The molecule has 1 rings (SSSR count). The molecule has 0 aromatic carbocycles. The quantitative estimate of drug-likeness (QED) is 0.478. The molecular formula is C10H20N2O3. The van der Waals surface area contributed by atoms with Crippen LogP contribution in [0.2, 0.25) is 0 Å². The molecule has 0 aromatic heterocycles. The maximum Gasteiger partial charge on any atom is 0.319 e. The highest BCUT2D eigenvalue weighted by Gasteiger charge is 2.08. The Balaban J connectivity index is 1.89. The van der Waals surface area contributed by atoms with Crippen molar-refractivity contribution in [2.45, 2.75) is 6.42 Å². The first-order valence-electron chi connectivity index (χ1n) is 5.40. The lowest BCUT2D eigenvalue weighted by atomic mass is 10.3. The Morgan fingerprint density at radius 1 is 1.47 bits per heavy atom. The number of carbonyl (C=O) groups is 1. The van der Waals surface area contributed by atoms with E-state index >= 15 is 0 Å². The van der Waals surface area contributed by atoms with Crippen molar-refractivity contribution >= 4 is 5.97 Å². The predicted molar refractivity (Wildman–Crippen MR) is 56.8 cm³/mol. The highest BCUT2D eigenvalue weighted by atomic mass is 16.5. The van der Waals surface area contributed by atoms with E-state index in [0.717, 1.165) is 45.8 Å². The van der Waals surface area contributed by atoms with Gasteiger partial charge in [0.05, 0.1) is 26.9 Å². The zero-order chi connectivity index (χ0) is 10.9. The first kappa shape index (κ1) is 12.4. The molecule has 1 heterocycles. The zero-order valence-corrected chi connectivity index (χ0v) is 9.33. The van der Waals surface area contributed by atoms with Crippen LogP contribution in [0.4, 0.5) is 0 Å². The normalized spacial score (nSPS) is 17.7. The summed E-state index contributed by atoms with van der Waals surface area (Å²) in [5.41, 5.74) is 0. The van der Waals surface area contributed by atoms with Gasteiger partial charge in [0.1, 0.15) is 0 Å². The minimum atomic E-state index is -0.207. The number of hydrogen-bond acceptors (Lipinski definition) is 5. The Bertz CT molecular complexity index is 182. The third-order valence-corrected chi connectivity index (χ3v) is 2.43. The average Bonchev–Trinajstić information content (AvgIpc) is 2.29. The minimum Gasteiger partial charge on any atom is -0.468 e. The third kappa shape index (κ3) is 5.71. The van der Waals surface area contributed by atoms with Crippen molar-refractivity contribution in [1.29, 1.82) is 0 Å². The van der Waals surface area contributed by atoms with Crippen LogP contribution in [0.25, 0.3) is 0 Å². The van der Waals surface area contributed by atoms with Gasteiger partial charge in [0.15, 0.2) is 0 Å². The van der Waals surface area contributed by atoms with Gasteiger partial charge in [-0.3, -0.25) is 9.69 Å². The topological polar surface area (TPSA) is 50.8 Å². The molecule has 1 saturated heterocycles. The standard InChI is InChI=1S/C10H20N2O3/c1-14-10(13)9-11-3-2-4-12-5-7-15-8-6-12/h11H,2-9H2,1H3. The molecule has 1 aliphatic heterocycles. The summed E-state index contributed by atoms with van der Waals surface area (Å²) in [6.45, 7) is 5.96. The van der Waals surface area contributed by atoms with Gasteiger partial charge in [-0.25, -0.2) is 0 Å². The van der Waals surface area contributed by atoms with E-state index in [0.29, 0.717) is 6.54 Å². The van der Waals surface area contributed by atoms with Gasteiger partial charge in [-0.15, -0.1) is 0 Å². The predicted octanol–water partition coefficient (Wildman–Crippen LogP) is -0.529. The molecule has 0 aromatic rings. The fraction of sp³-hybridized carbons (Fsp3) is 0.900. The molecule has 1 fully saturated rings. The lowest BCUT2D eigenvalue weighted by Gasteiger charge is -2.26. The van der Waals surface area contributed by atoms with Gasteiger partial charge in [-0.05, 0) is 19.5 Å². The number of nitrogens with zero attached hydrogens (tertiary/aromatic N) is 1. The SMILES string of the molecule is COC(=O)CNCCCN1CCOCC1. The minimum absolute atomic E-state index is 0.207. The van der Waals surface area contributed by atoms with E-state index in [4.69, 9.17) is 4.74 Å². The summed E-state index contributed by atoms with van der Waals surface area (Å²) in [5, 5.41) is 3.04. The van der Waals surface area contributed by atoms with Crippen molar-refractivity contribution in [2.24, 2.45) is 0 Å². The first-order valence-corrected chi connectivity index (χ1v) is 5.40. The van der Waals surface area contributed by atoms with Crippen molar-refractivity contribution in [3.63, 3.8) is 0 Å². The van der Waals surface area contributed by atoms with E-state index in [9.17, 15) is 4.79 Å². The van der Waals surface area contributed by atoms with E-state index in [2.05, 4.69) is 15.0 Å². The molecule has 1 N–H and O–H groups in total. The average molecular weight is 216 g/mol. The smallest absolute Gasteiger partial charge is 0.319 e. The van der Waals surface area contributed by atoms with E-state index in [-0.39, 0.29) is 5.97 Å². The molecule has 88 valence electrons. The Morgan fingerprint density at radius 3 is 2.87 bits per heavy atom. The van der Waals surface area contributed by atoms with Crippen LogP contribution < -0.4 is 5.32 Å². The number of hydrogen-bond donors (Lipinski definition) is 1. The Labute approximate surface area is 90.7 Å². The number of rotatable bonds is 6. The fourth-order valence-corrected chi connectivity index (χ4v) is 1.52. The van der Waals surface area contributed by atoms with Gasteiger partial charge in [0.2, 0.25) is 0 Å². The maximum atomic E-state index is 10.8. The summed E-state index contributed by atoms with van der Waals surface area (Å²) in [5.74, 6) is -0.207. The Hall–Kier alpha value is -0.650. The van der Waals surface area contributed by atoms with Crippen LogP contribution in [0.15, 0.2) is 0 Å². The van der Waals surface area contributed by atoms with Crippen molar-refractivity contribution in [3.05, 3.63) is 0 Å². The third-order valence-electron chi connectivity index (χ3n) is 2.43. The van der Waals surface area contributed by atoms with Gasteiger partial charge in [0, 0.05) is 13.1 Å². The van der Waals surface area contributed by atoms with Gasteiger partial charge in [-0.2, -0.15) is 0 Å². The molecule has 0 bridgehead atoms. The summed E-state index contributed by atoms with van der Waals surface area (Å²) in [4.78, 5) is 13.1. The maximum absolute atomic E-state index is 10.8. The van der Waals surface area contributed by atoms with Crippen molar-refractivity contribution in [1.82, 2.24) is 10.2 Å². The van der Waals surface area contributed by atoms with Crippen LogP contribution in [-0.4, -0.2) is 63.9 Å². The summed E-state index contributed by atoms with van der Waals surface area (Å²) in [7, 11) is 1.40. The zero-order valence-electron chi connectivity index (χ0n) is 9.33. The van der Waals surface area contributed by atoms with E-state index in [1.165, 1.54) is 7.11 Å². The highest BCUT2D eigenvalue weighted by molar-refractivity contribution is 5.71. The number of methoxy groups -OCH3 is 1. The van der Waals surface area contributed by atoms with Crippen LogP contribution >= 0.6 is 0 Å². The largest absolute Gasteiger partial charge is 0.468 e. The molecule has 0 saturated carbocycles. The summed E-state index contributed by atoms with van der Waals surface area (Å²) >= 11 is 0. The Morgan fingerprint density at radius 2 is 2.20 bits per heavy atom. The van der Waals surface area contributed by atoms with E-state index < -0.39 is 0 Å². The molecule has 0 spiro atoms. The lowest BCUT2D eigenvalue weighted by Crippen LogP contribution is -2.38. The van der Waals surface area contributed by atoms with Crippen molar-refractivity contribution in [2.75, 3.05) is 53.0 Å². The van der Waals surface area contributed by atoms with E-state index in [1.54, 1.807) is 0 Å². The number of nitrogens with one attached hydrogen (secondary N) is 1. The second-order valence-corrected chi connectivity index (χ2v) is 3.56. The molecule has 0 atom stereocenters. The first-order chi connectivity index (χ1) is 7.33. The van der Waals surface area contributed by atoms with Gasteiger partial charge in [0.25, 0.3) is 0 Å². The lowest BCUT2D eigenvalue weighted by molar-refractivity contribution is -0.139. The fourth-order valence-electron chi connectivity index (χ4n) is 1.52. The second-order valence-electron chi connectivity index (χ2n) is 3.56. The molecule has 15 heavy (non-hydrogen) atoms. The van der Waals surface area contributed by atoms with Gasteiger partial charge >= 0.3 is 5.97 Å². The number of esters is 1. The van der Waals surface area contributed by atoms with Crippen LogP contribution in [-0.2, 0) is 14.3 Å². The van der Waals surface area contributed by atoms with Crippen LogP contribution in [0.1, 0.15) is 6.42 Å². The molecule has 5 nitrogen and oxygen atoms in total. The number of morpholine rings is 1.